The van der Waals surface area contributed by atoms with Gasteiger partial charge in [-0.25, -0.2) is 4.98 Å². The van der Waals surface area contributed by atoms with Gasteiger partial charge in [0.05, 0.1) is 16.6 Å². The van der Waals surface area contributed by atoms with Crippen LogP contribution >= 0.6 is 0 Å². The summed E-state index contributed by atoms with van der Waals surface area (Å²) in [6.45, 7) is 1.77. The molecule has 0 spiro atoms. The predicted molar refractivity (Wildman–Crippen MR) is 104 cm³/mol. The van der Waals surface area contributed by atoms with E-state index in [0.717, 1.165) is 23.3 Å². The molecule has 0 aliphatic rings. The van der Waals surface area contributed by atoms with Crippen LogP contribution in [-0.2, 0) is 6.18 Å². The van der Waals surface area contributed by atoms with Crippen molar-refractivity contribution in [1.29, 1.82) is 0 Å². The standard InChI is InChI=1S/C19H16F3N7/c1-10-24-17(23-2)29-18(25-10)26-13-7-8-14-15(9-13)28-16(27-14)11-3-5-12(6-4-11)19(20,21)22/h3-9H,1-2H3,(H,27,28)(H2,23,24,25,26,29). The van der Waals surface area contributed by atoms with Gasteiger partial charge in [0.25, 0.3) is 0 Å². The molecule has 0 aliphatic carbocycles. The molecule has 4 aromatic rings. The normalized spacial score (nSPS) is 11.6. The molecule has 0 unspecified atom stereocenters. The summed E-state index contributed by atoms with van der Waals surface area (Å²) in [4.78, 5) is 20.2. The summed E-state index contributed by atoms with van der Waals surface area (Å²) in [7, 11) is 1.72. The Kier molecular flexibility index (Phi) is 4.53. The first-order chi connectivity index (χ1) is 13.8. The average molecular weight is 399 g/mol. The van der Waals surface area contributed by atoms with E-state index in [-0.39, 0.29) is 0 Å². The largest absolute Gasteiger partial charge is 0.416 e. The van der Waals surface area contributed by atoms with Crippen LogP contribution in [0.2, 0.25) is 0 Å². The van der Waals surface area contributed by atoms with E-state index in [1.807, 2.05) is 12.1 Å². The first kappa shape index (κ1) is 18.7. The maximum atomic E-state index is 12.7. The Bertz CT molecular complexity index is 1170. The average Bonchev–Trinajstić information content (AvgIpc) is 3.10. The number of imidazole rings is 1. The fraction of sp³-hybridized carbons (Fsp3) is 0.158. The molecule has 0 atom stereocenters. The summed E-state index contributed by atoms with van der Waals surface area (Å²) >= 11 is 0. The minimum absolute atomic E-state index is 0.392. The van der Waals surface area contributed by atoms with Crippen LogP contribution in [0.3, 0.4) is 0 Å². The number of alkyl halides is 3. The zero-order valence-electron chi connectivity index (χ0n) is 15.5. The molecule has 2 heterocycles. The minimum atomic E-state index is -4.37. The van der Waals surface area contributed by atoms with Crippen LogP contribution in [0.25, 0.3) is 22.4 Å². The van der Waals surface area contributed by atoms with Gasteiger partial charge in [-0.05, 0) is 37.3 Å². The number of anilines is 3. The second-order valence-electron chi connectivity index (χ2n) is 6.30. The van der Waals surface area contributed by atoms with Gasteiger partial charge in [0.1, 0.15) is 11.6 Å². The van der Waals surface area contributed by atoms with Gasteiger partial charge >= 0.3 is 6.18 Å². The molecule has 29 heavy (non-hydrogen) atoms. The highest BCUT2D eigenvalue weighted by Crippen LogP contribution is 2.31. The number of aromatic amines is 1. The molecule has 0 saturated heterocycles. The Labute approximate surface area is 163 Å². The van der Waals surface area contributed by atoms with Crippen molar-refractivity contribution < 1.29 is 13.2 Å². The Hall–Kier alpha value is -3.69. The lowest BCUT2D eigenvalue weighted by Gasteiger charge is -2.07. The SMILES string of the molecule is CNc1nc(C)nc(Nc2ccc3nc(-c4ccc(C(F)(F)F)cc4)[nH]c3c2)n1. The van der Waals surface area contributed by atoms with E-state index in [9.17, 15) is 13.2 Å². The molecular formula is C19H16F3N7. The third kappa shape index (κ3) is 3.96. The van der Waals surface area contributed by atoms with Gasteiger partial charge in [0, 0.05) is 18.3 Å². The summed E-state index contributed by atoms with van der Waals surface area (Å²) in [6, 6.07) is 10.3. The summed E-state index contributed by atoms with van der Waals surface area (Å²) in [5.41, 5.74) is 2.01. The smallest absolute Gasteiger partial charge is 0.357 e. The summed E-state index contributed by atoms with van der Waals surface area (Å²) < 4.78 is 38.2. The van der Waals surface area contributed by atoms with E-state index in [0.29, 0.717) is 34.6 Å². The molecule has 2 aromatic heterocycles. The maximum Gasteiger partial charge on any atom is 0.416 e. The lowest BCUT2D eigenvalue weighted by molar-refractivity contribution is -0.137. The van der Waals surface area contributed by atoms with E-state index in [4.69, 9.17) is 0 Å². The monoisotopic (exact) mass is 399 g/mol. The van der Waals surface area contributed by atoms with Gasteiger partial charge in [-0.2, -0.15) is 28.1 Å². The van der Waals surface area contributed by atoms with Crippen LogP contribution in [0.5, 0.6) is 0 Å². The highest BCUT2D eigenvalue weighted by Gasteiger charge is 2.30. The molecule has 0 bridgehead atoms. The van der Waals surface area contributed by atoms with Crippen molar-refractivity contribution in [2.24, 2.45) is 0 Å². The van der Waals surface area contributed by atoms with Gasteiger partial charge in [-0.3, -0.25) is 0 Å². The second kappa shape index (κ2) is 7.04. The molecule has 7 nitrogen and oxygen atoms in total. The van der Waals surface area contributed by atoms with Crippen molar-refractivity contribution in [2.45, 2.75) is 13.1 Å². The second-order valence-corrected chi connectivity index (χ2v) is 6.30. The number of benzene rings is 2. The zero-order valence-corrected chi connectivity index (χ0v) is 15.5. The minimum Gasteiger partial charge on any atom is -0.357 e. The van der Waals surface area contributed by atoms with Crippen LogP contribution in [0.1, 0.15) is 11.4 Å². The van der Waals surface area contributed by atoms with E-state index in [2.05, 4.69) is 35.6 Å². The van der Waals surface area contributed by atoms with Crippen molar-refractivity contribution in [3.63, 3.8) is 0 Å². The van der Waals surface area contributed by atoms with E-state index in [1.54, 1.807) is 20.0 Å². The number of hydrogen-bond acceptors (Lipinski definition) is 6. The number of H-pyrrole nitrogens is 1. The van der Waals surface area contributed by atoms with Gasteiger partial charge in [-0.1, -0.05) is 12.1 Å². The molecule has 0 aliphatic heterocycles. The maximum absolute atomic E-state index is 12.7. The van der Waals surface area contributed by atoms with Crippen molar-refractivity contribution in [3.8, 4) is 11.4 Å². The first-order valence-electron chi connectivity index (χ1n) is 8.67. The molecule has 3 N–H and O–H groups in total. The highest BCUT2D eigenvalue weighted by atomic mass is 19.4. The molecule has 0 fully saturated rings. The van der Waals surface area contributed by atoms with E-state index >= 15 is 0 Å². The van der Waals surface area contributed by atoms with Crippen LogP contribution in [0.15, 0.2) is 42.5 Å². The fourth-order valence-corrected chi connectivity index (χ4v) is 2.82. The van der Waals surface area contributed by atoms with E-state index in [1.165, 1.54) is 12.1 Å². The van der Waals surface area contributed by atoms with Crippen LogP contribution < -0.4 is 10.6 Å². The number of aromatic nitrogens is 5. The number of hydrogen-bond donors (Lipinski definition) is 3. The Balaban J connectivity index is 1.62. The van der Waals surface area contributed by atoms with Crippen LogP contribution in [-0.4, -0.2) is 32.0 Å². The number of nitrogens with one attached hydrogen (secondary N) is 3. The molecular weight excluding hydrogens is 383 g/mol. The zero-order chi connectivity index (χ0) is 20.6. The van der Waals surface area contributed by atoms with Crippen LogP contribution in [0.4, 0.5) is 30.8 Å². The van der Waals surface area contributed by atoms with Crippen molar-refractivity contribution in [3.05, 3.63) is 53.9 Å². The van der Waals surface area contributed by atoms with Gasteiger partial charge in [0.2, 0.25) is 11.9 Å². The quantitative estimate of drug-likeness (QED) is 0.467. The number of fused-ring (bicyclic) bond motifs is 1. The molecule has 0 saturated carbocycles. The topological polar surface area (TPSA) is 91.4 Å². The Morgan fingerprint density at radius 2 is 1.62 bits per heavy atom. The lowest BCUT2D eigenvalue weighted by atomic mass is 10.1. The number of nitrogens with zero attached hydrogens (tertiary/aromatic N) is 4. The third-order valence-corrected chi connectivity index (χ3v) is 4.19. The molecule has 148 valence electrons. The van der Waals surface area contributed by atoms with Crippen LogP contribution in [0, 0.1) is 6.92 Å². The fourth-order valence-electron chi connectivity index (χ4n) is 2.82. The lowest BCUT2D eigenvalue weighted by Crippen LogP contribution is -2.05. The van der Waals surface area contributed by atoms with Crippen molar-refractivity contribution in [1.82, 2.24) is 24.9 Å². The Morgan fingerprint density at radius 3 is 2.31 bits per heavy atom. The molecule has 4 rings (SSSR count). The molecule has 10 heteroatoms. The summed E-state index contributed by atoms with van der Waals surface area (Å²) in [5.74, 6) is 1.90. The third-order valence-electron chi connectivity index (χ3n) is 4.19. The van der Waals surface area contributed by atoms with Gasteiger partial charge < -0.3 is 15.6 Å². The van der Waals surface area contributed by atoms with E-state index < -0.39 is 11.7 Å². The predicted octanol–water partition coefficient (Wildman–Crippen LogP) is 4.53. The molecule has 0 amide bonds. The van der Waals surface area contributed by atoms with Crippen molar-refractivity contribution in [2.75, 3.05) is 17.7 Å². The van der Waals surface area contributed by atoms with Gasteiger partial charge in [-0.15, -0.1) is 0 Å². The van der Waals surface area contributed by atoms with Gasteiger partial charge in [0.15, 0.2) is 0 Å². The highest BCUT2D eigenvalue weighted by molar-refractivity contribution is 5.83. The Morgan fingerprint density at radius 1 is 0.897 bits per heavy atom. The number of halogens is 3. The number of aryl methyl sites for hydroxylation is 1. The number of rotatable bonds is 4. The summed E-state index contributed by atoms with van der Waals surface area (Å²) in [6.07, 6.45) is -4.37. The first-order valence-corrected chi connectivity index (χ1v) is 8.67. The summed E-state index contributed by atoms with van der Waals surface area (Å²) in [5, 5.41) is 5.98. The van der Waals surface area contributed by atoms with Crippen molar-refractivity contribution >= 4 is 28.6 Å². The molecule has 0 radical (unpaired) electrons. The molecule has 2 aromatic carbocycles.